The van der Waals surface area contributed by atoms with Crippen LogP contribution in [0.25, 0.3) is 116 Å². The molecule has 8 nitrogen and oxygen atoms in total. The van der Waals surface area contributed by atoms with Gasteiger partial charge in [-0.3, -0.25) is 9.13 Å². The zero-order valence-corrected chi connectivity index (χ0v) is 31.5. The third kappa shape index (κ3) is 4.46. The Morgan fingerprint density at radius 2 is 1.08 bits per heavy atom. The van der Waals surface area contributed by atoms with Crippen LogP contribution in [0.4, 0.5) is 0 Å². The first kappa shape index (κ1) is 28.8. The van der Waals surface area contributed by atoms with Gasteiger partial charge in [-0.15, -0.1) is 0 Å². The lowest BCUT2D eigenvalue weighted by Gasteiger charge is -2.16. The molecule has 0 amide bonds. The van der Waals surface area contributed by atoms with Gasteiger partial charge >= 0.3 is 0 Å². The minimum Gasteiger partial charge on any atom is -0.456 e. The molecule has 0 atom stereocenters. The van der Waals surface area contributed by atoms with Gasteiger partial charge in [-0.2, -0.15) is 20.2 Å². The van der Waals surface area contributed by atoms with Gasteiger partial charge in [0.25, 0.3) is 0 Å². The van der Waals surface area contributed by atoms with Crippen molar-refractivity contribution in [3.63, 3.8) is 0 Å². The Morgan fingerprint density at radius 3 is 1.85 bits per heavy atom. The number of rotatable bonds is 4. The average molecular weight is 772 g/mol. The quantitative estimate of drug-likeness (QED) is 0.178. The molecule has 0 aliphatic heterocycles. The first-order chi connectivity index (χ1) is 31.4. The van der Waals surface area contributed by atoms with Crippen molar-refractivity contribution in [3.8, 4) is 35.0 Å². The Kier molecular flexibility index (Phi) is 5.87. The third-order valence-electron chi connectivity index (χ3n) is 11.7. The third-order valence-corrected chi connectivity index (χ3v) is 11.7. The van der Waals surface area contributed by atoms with E-state index in [1.807, 2.05) is 120 Å². The Morgan fingerprint density at radius 1 is 0.483 bits per heavy atom. The molecule has 8 heteroatoms. The van der Waals surface area contributed by atoms with E-state index in [2.05, 4.69) is 41.0 Å². The minimum atomic E-state index is -0.360. The molecule has 13 rings (SSSR count). The van der Waals surface area contributed by atoms with Crippen LogP contribution in [0, 0.1) is 11.3 Å². The number of fused-ring (bicyclic) bond motifs is 13. The Bertz CT molecular complexity index is 4230. The molecule has 0 saturated carbocycles. The van der Waals surface area contributed by atoms with Crippen LogP contribution in [-0.2, 0) is 0 Å². The van der Waals surface area contributed by atoms with Crippen LogP contribution in [0.3, 0.4) is 0 Å². The van der Waals surface area contributed by atoms with E-state index in [4.69, 9.17) is 23.5 Å². The molecule has 60 heavy (non-hydrogen) atoms. The van der Waals surface area contributed by atoms with Crippen LogP contribution in [0.1, 0.15) is 11.0 Å². The summed E-state index contributed by atoms with van der Waals surface area (Å²) in [5.74, 6) is 0.774. The molecule has 0 spiro atoms. The highest BCUT2D eigenvalue weighted by atomic mass is 16.3. The van der Waals surface area contributed by atoms with Crippen molar-refractivity contribution in [1.82, 2.24) is 28.7 Å². The molecule has 0 bridgehead atoms. The van der Waals surface area contributed by atoms with E-state index < -0.39 is 0 Å². The fraction of sp³-hybridized carbons (Fsp3) is 0. The van der Waals surface area contributed by atoms with Crippen molar-refractivity contribution in [2.45, 2.75) is 0 Å². The molecule has 5 aromatic heterocycles. The molecule has 0 saturated heterocycles. The number of hydrogen-bond acceptors (Lipinski definition) is 5. The average Bonchev–Trinajstić information content (AvgIpc) is 4.09. The monoisotopic (exact) mass is 771 g/mol. The summed E-state index contributed by atoms with van der Waals surface area (Å²) >= 11 is 0. The second kappa shape index (κ2) is 12.2. The van der Waals surface area contributed by atoms with Gasteiger partial charge < -0.3 is 8.98 Å². The summed E-state index contributed by atoms with van der Waals surface area (Å²) in [7, 11) is 0. The highest BCUT2D eigenvalue weighted by Crippen LogP contribution is 2.43. The van der Waals surface area contributed by atoms with Crippen LogP contribution < -0.4 is 0 Å². The van der Waals surface area contributed by atoms with Gasteiger partial charge in [-0.1, -0.05) is 103 Å². The van der Waals surface area contributed by atoms with Gasteiger partial charge in [0.1, 0.15) is 11.2 Å². The molecule has 0 aliphatic rings. The topological polar surface area (TPSA) is 90.4 Å². The van der Waals surface area contributed by atoms with E-state index in [1.165, 1.54) is 0 Å². The maximum absolute atomic E-state index is 9.93. The lowest BCUT2D eigenvalue weighted by molar-refractivity contribution is 0.669. The highest BCUT2D eigenvalue weighted by Gasteiger charge is 2.24. The summed E-state index contributed by atoms with van der Waals surface area (Å²) in [5.41, 5.74) is 7.97. The molecule has 0 fully saturated rings. The molecule has 0 N–H and O–H groups in total. The van der Waals surface area contributed by atoms with E-state index >= 15 is 0 Å². The fourth-order valence-corrected chi connectivity index (χ4v) is 9.18. The maximum Gasteiger partial charge on any atom is 0.240 e. The van der Waals surface area contributed by atoms with E-state index in [9.17, 15) is 6.63 Å². The van der Waals surface area contributed by atoms with Crippen LogP contribution in [0.5, 0.6) is 0 Å². The summed E-state index contributed by atoms with van der Waals surface area (Å²) in [4.78, 5) is 15.9. The zero-order valence-electron chi connectivity index (χ0n) is 35.5. The fourth-order valence-electron chi connectivity index (χ4n) is 9.18. The standard InChI is InChI=1S/C52H29N7O/c53-30-31-25-27-45-39(29-31)35-16-4-10-22-43(35)59(45)52-55-50(54-51(56-52)58-41-20-8-1-13-32(41)33-14-2-9-21-42(33)58)37-17-5-11-23-44(37)57-40-19-7-3-15-34(40)36-26-28-47-48(49(36)57)38-18-6-12-24-46(38)60-47/h1-29H/i1D,8D,13D,20D. The summed E-state index contributed by atoms with van der Waals surface area (Å²) < 4.78 is 48.2. The Hall–Kier alpha value is -8.54. The lowest BCUT2D eigenvalue weighted by Crippen LogP contribution is -2.11. The molecular formula is C52H29N7O. The first-order valence-corrected chi connectivity index (χ1v) is 19.5. The highest BCUT2D eigenvalue weighted by molar-refractivity contribution is 6.24. The van der Waals surface area contributed by atoms with Crippen LogP contribution in [0.2, 0.25) is 0 Å². The summed E-state index contributed by atoms with van der Waals surface area (Å²) in [6.45, 7) is 0. The predicted octanol–water partition coefficient (Wildman–Crippen LogP) is 12.6. The second-order valence-electron chi connectivity index (χ2n) is 14.8. The smallest absolute Gasteiger partial charge is 0.240 e. The normalized spacial score (nSPS) is 12.9. The Labute approximate surface area is 346 Å². The van der Waals surface area contributed by atoms with E-state index in [0.717, 1.165) is 71.2 Å². The number of aromatic nitrogens is 6. The number of nitrogens with zero attached hydrogens (tertiary/aromatic N) is 7. The molecule has 0 unspecified atom stereocenters. The molecule has 5 heterocycles. The van der Waals surface area contributed by atoms with Crippen LogP contribution in [0.15, 0.2) is 180 Å². The van der Waals surface area contributed by atoms with Gasteiger partial charge in [0.2, 0.25) is 11.9 Å². The zero-order chi connectivity index (χ0) is 43.0. The number of nitriles is 1. The summed E-state index contributed by atoms with van der Waals surface area (Å²) in [6, 6.07) is 50.8. The predicted molar refractivity (Wildman–Crippen MR) is 240 cm³/mol. The van der Waals surface area contributed by atoms with E-state index in [1.54, 1.807) is 10.6 Å². The number of hydrogen-bond donors (Lipinski definition) is 0. The van der Waals surface area contributed by atoms with E-state index in [-0.39, 0.29) is 41.6 Å². The van der Waals surface area contributed by atoms with Crippen molar-refractivity contribution in [2.24, 2.45) is 0 Å². The number of benzene rings is 8. The van der Waals surface area contributed by atoms with Crippen LogP contribution >= 0.6 is 0 Å². The first-order valence-electron chi connectivity index (χ1n) is 21.5. The maximum atomic E-state index is 9.93. The number of furan rings is 1. The largest absolute Gasteiger partial charge is 0.456 e. The minimum absolute atomic E-state index is 0.147. The van der Waals surface area contributed by atoms with Gasteiger partial charge in [-0.05, 0) is 72.8 Å². The molecule has 8 aromatic carbocycles. The van der Waals surface area contributed by atoms with Crippen molar-refractivity contribution >= 4 is 87.4 Å². The van der Waals surface area contributed by atoms with Gasteiger partial charge in [-0.25, -0.2) is 0 Å². The summed E-state index contributed by atoms with van der Waals surface area (Å²) in [6.07, 6.45) is 0. The molecule has 0 radical (unpaired) electrons. The molecular weight excluding hydrogens is 739 g/mol. The van der Waals surface area contributed by atoms with Crippen molar-refractivity contribution in [1.29, 1.82) is 5.26 Å². The second-order valence-corrected chi connectivity index (χ2v) is 14.8. The Balaban J connectivity index is 1.19. The van der Waals surface area contributed by atoms with E-state index in [0.29, 0.717) is 33.2 Å². The van der Waals surface area contributed by atoms with Crippen molar-refractivity contribution in [2.75, 3.05) is 0 Å². The van der Waals surface area contributed by atoms with Gasteiger partial charge in [0, 0.05) is 43.3 Å². The van der Waals surface area contributed by atoms with Gasteiger partial charge in [0.15, 0.2) is 5.82 Å². The van der Waals surface area contributed by atoms with Crippen molar-refractivity contribution < 1.29 is 9.90 Å². The number of para-hydroxylation sites is 6. The van der Waals surface area contributed by atoms with Crippen molar-refractivity contribution in [3.05, 3.63) is 181 Å². The molecule has 13 aromatic rings. The lowest BCUT2D eigenvalue weighted by atomic mass is 10.1. The van der Waals surface area contributed by atoms with Crippen LogP contribution in [-0.4, -0.2) is 28.7 Å². The molecule has 278 valence electrons. The molecule has 0 aliphatic carbocycles. The van der Waals surface area contributed by atoms with Gasteiger partial charge in [0.05, 0.1) is 61.3 Å². The summed E-state index contributed by atoms with van der Waals surface area (Å²) in [5, 5.41) is 16.8. The SMILES string of the molecule is [2H]c1c([2H])c([2H])c2c(c1[2H])c1ccccc1n2-c1nc(-c2ccccc2-n2c3ccccc3c3ccc4oc5ccccc5c4c32)nc(-n2c3ccccc3c3cc(C#N)ccc32)n1.